The van der Waals surface area contributed by atoms with E-state index in [-0.39, 0.29) is 29.8 Å². The molecule has 0 saturated heterocycles. The van der Waals surface area contributed by atoms with E-state index in [0.29, 0.717) is 5.69 Å². The van der Waals surface area contributed by atoms with Crippen molar-refractivity contribution in [1.29, 1.82) is 0 Å². The highest BCUT2D eigenvalue weighted by molar-refractivity contribution is 6.02. The molecule has 0 aliphatic carbocycles. The predicted molar refractivity (Wildman–Crippen MR) is 78.3 cm³/mol. The van der Waals surface area contributed by atoms with Gasteiger partial charge in [-0.15, -0.1) is 0 Å². The van der Waals surface area contributed by atoms with Crippen LogP contribution in [0.25, 0.3) is 0 Å². The Morgan fingerprint density at radius 1 is 1.05 bits per heavy atom. The van der Waals surface area contributed by atoms with Crippen molar-refractivity contribution in [3.05, 3.63) is 65.0 Å². The maximum atomic E-state index is 12.9. The van der Waals surface area contributed by atoms with Gasteiger partial charge in [0.1, 0.15) is 5.69 Å². The van der Waals surface area contributed by atoms with E-state index in [1.807, 2.05) is 0 Å². The number of Topliss-reactive ketones (excluding diaryl/α,β-unsaturated/α-hetero) is 2. The average Bonchev–Trinajstić information content (AvgIpc) is 2.52. The van der Waals surface area contributed by atoms with Crippen LogP contribution in [0.3, 0.4) is 0 Å². The SMILES string of the molecule is Cc1cccnc1C(=O)CCC(=O)c1ccccc1C(F)F. The number of hydrogen-bond donors (Lipinski definition) is 0. The van der Waals surface area contributed by atoms with Crippen molar-refractivity contribution in [2.75, 3.05) is 0 Å². The standard InChI is InChI=1S/C17H15F2NO2/c1-11-5-4-10-20-16(11)15(22)9-8-14(21)12-6-2-3-7-13(12)17(18)19/h2-7,10,17H,8-9H2,1H3. The van der Waals surface area contributed by atoms with Crippen LogP contribution >= 0.6 is 0 Å². The molecule has 114 valence electrons. The number of ketones is 2. The Hall–Kier alpha value is -2.43. The van der Waals surface area contributed by atoms with Crippen LogP contribution in [0.15, 0.2) is 42.6 Å². The Morgan fingerprint density at radius 3 is 2.41 bits per heavy atom. The molecule has 22 heavy (non-hydrogen) atoms. The largest absolute Gasteiger partial charge is 0.294 e. The summed E-state index contributed by atoms with van der Waals surface area (Å²) in [4.78, 5) is 28.1. The molecule has 0 fully saturated rings. The van der Waals surface area contributed by atoms with Crippen LogP contribution in [0.5, 0.6) is 0 Å². The van der Waals surface area contributed by atoms with Crippen LogP contribution in [0.1, 0.15) is 51.2 Å². The van der Waals surface area contributed by atoms with Crippen molar-refractivity contribution in [3.63, 3.8) is 0 Å². The van der Waals surface area contributed by atoms with Gasteiger partial charge in [0.25, 0.3) is 6.43 Å². The van der Waals surface area contributed by atoms with Crippen LogP contribution in [-0.2, 0) is 0 Å². The van der Waals surface area contributed by atoms with Gasteiger partial charge in [-0.3, -0.25) is 14.6 Å². The zero-order chi connectivity index (χ0) is 16.1. The number of carbonyl (C=O) groups is 2. The van der Waals surface area contributed by atoms with Crippen LogP contribution in [0, 0.1) is 6.92 Å². The summed E-state index contributed by atoms with van der Waals surface area (Å²) in [5, 5.41) is 0. The summed E-state index contributed by atoms with van der Waals surface area (Å²) in [6, 6.07) is 9.05. The quantitative estimate of drug-likeness (QED) is 0.752. The number of carbonyl (C=O) groups excluding carboxylic acids is 2. The highest BCUT2D eigenvalue weighted by atomic mass is 19.3. The zero-order valence-corrected chi connectivity index (χ0v) is 12.1. The van der Waals surface area contributed by atoms with Gasteiger partial charge in [0.05, 0.1) is 0 Å². The van der Waals surface area contributed by atoms with Gasteiger partial charge in [0.2, 0.25) is 0 Å². The first kappa shape index (κ1) is 15.9. The van der Waals surface area contributed by atoms with E-state index >= 15 is 0 Å². The third kappa shape index (κ3) is 3.61. The molecule has 0 unspecified atom stereocenters. The van der Waals surface area contributed by atoms with Gasteiger partial charge in [0, 0.05) is 30.2 Å². The summed E-state index contributed by atoms with van der Waals surface area (Å²) in [6.45, 7) is 1.76. The van der Waals surface area contributed by atoms with Gasteiger partial charge in [0.15, 0.2) is 11.6 Å². The van der Waals surface area contributed by atoms with E-state index in [4.69, 9.17) is 0 Å². The van der Waals surface area contributed by atoms with Gasteiger partial charge in [-0.05, 0) is 18.6 Å². The maximum absolute atomic E-state index is 12.9. The number of rotatable bonds is 6. The Kier molecular flexibility index (Phi) is 5.09. The molecule has 0 atom stereocenters. The molecule has 3 nitrogen and oxygen atoms in total. The second kappa shape index (κ2) is 7.02. The van der Waals surface area contributed by atoms with E-state index in [2.05, 4.69) is 4.98 Å². The van der Waals surface area contributed by atoms with Gasteiger partial charge in [-0.1, -0.05) is 30.3 Å². The third-order valence-corrected chi connectivity index (χ3v) is 3.35. The van der Waals surface area contributed by atoms with Crippen LogP contribution in [0.2, 0.25) is 0 Å². The van der Waals surface area contributed by atoms with Gasteiger partial charge in [-0.25, -0.2) is 8.78 Å². The normalized spacial score (nSPS) is 10.7. The summed E-state index contributed by atoms with van der Waals surface area (Å²) in [5.41, 5.74) is 0.724. The maximum Gasteiger partial charge on any atom is 0.264 e. The smallest absolute Gasteiger partial charge is 0.264 e. The molecule has 0 saturated carbocycles. The van der Waals surface area contributed by atoms with Crippen LogP contribution < -0.4 is 0 Å². The van der Waals surface area contributed by atoms with Gasteiger partial charge >= 0.3 is 0 Å². The van der Waals surface area contributed by atoms with E-state index in [9.17, 15) is 18.4 Å². The minimum Gasteiger partial charge on any atom is -0.294 e. The first-order valence-corrected chi connectivity index (χ1v) is 6.85. The highest BCUT2D eigenvalue weighted by Crippen LogP contribution is 2.24. The fraction of sp³-hybridized carbons (Fsp3) is 0.235. The summed E-state index contributed by atoms with van der Waals surface area (Å²) >= 11 is 0. The number of nitrogens with zero attached hydrogens (tertiary/aromatic N) is 1. The van der Waals surface area contributed by atoms with Crippen molar-refractivity contribution in [3.8, 4) is 0 Å². The lowest BCUT2D eigenvalue weighted by atomic mass is 9.98. The summed E-state index contributed by atoms with van der Waals surface area (Å²) in [7, 11) is 0. The Bertz CT molecular complexity index is 699. The lowest BCUT2D eigenvalue weighted by molar-refractivity contribution is 0.0908. The molecule has 1 aromatic heterocycles. The molecule has 0 aliphatic rings. The molecule has 2 rings (SSSR count). The Labute approximate surface area is 127 Å². The molecule has 0 N–H and O–H groups in total. The third-order valence-electron chi connectivity index (χ3n) is 3.35. The fourth-order valence-corrected chi connectivity index (χ4v) is 2.20. The Morgan fingerprint density at radius 2 is 1.73 bits per heavy atom. The van der Waals surface area contributed by atoms with Crippen molar-refractivity contribution in [2.24, 2.45) is 0 Å². The molecule has 0 aliphatic heterocycles. The number of aryl methyl sites for hydroxylation is 1. The number of pyridine rings is 1. The first-order valence-electron chi connectivity index (χ1n) is 6.85. The number of alkyl halides is 2. The summed E-state index contributed by atoms with van der Waals surface area (Å²) in [5.74, 6) is -0.723. The lowest BCUT2D eigenvalue weighted by Gasteiger charge is -2.07. The minimum absolute atomic E-state index is 0.0250. The van der Waals surface area contributed by atoms with Crippen molar-refractivity contribution < 1.29 is 18.4 Å². The molecule has 0 spiro atoms. The number of benzene rings is 1. The topological polar surface area (TPSA) is 47.0 Å². The molecule has 0 bridgehead atoms. The molecule has 1 aromatic carbocycles. The average molecular weight is 303 g/mol. The molecular formula is C17H15F2NO2. The van der Waals surface area contributed by atoms with E-state index in [1.54, 1.807) is 19.1 Å². The van der Waals surface area contributed by atoms with E-state index < -0.39 is 12.2 Å². The lowest BCUT2D eigenvalue weighted by Crippen LogP contribution is -2.10. The van der Waals surface area contributed by atoms with Crippen molar-refractivity contribution >= 4 is 11.6 Å². The van der Waals surface area contributed by atoms with Crippen molar-refractivity contribution in [1.82, 2.24) is 4.98 Å². The van der Waals surface area contributed by atoms with E-state index in [0.717, 1.165) is 5.56 Å². The molecule has 0 amide bonds. The summed E-state index contributed by atoms with van der Waals surface area (Å²) in [6.07, 6.45) is -1.37. The van der Waals surface area contributed by atoms with Crippen LogP contribution in [-0.4, -0.2) is 16.6 Å². The Balaban J connectivity index is 2.08. The van der Waals surface area contributed by atoms with E-state index in [1.165, 1.54) is 30.5 Å². The second-order valence-electron chi connectivity index (χ2n) is 4.90. The van der Waals surface area contributed by atoms with Gasteiger partial charge < -0.3 is 0 Å². The molecule has 2 aromatic rings. The first-order chi connectivity index (χ1) is 10.5. The highest BCUT2D eigenvalue weighted by Gasteiger charge is 2.19. The van der Waals surface area contributed by atoms with Crippen molar-refractivity contribution in [2.45, 2.75) is 26.2 Å². The molecular weight excluding hydrogens is 288 g/mol. The van der Waals surface area contributed by atoms with Crippen LogP contribution in [0.4, 0.5) is 8.78 Å². The molecule has 1 heterocycles. The molecule has 0 radical (unpaired) electrons. The second-order valence-corrected chi connectivity index (χ2v) is 4.90. The number of halogens is 2. The number of aromatic nitrogens is 1. The minimum atomic E-state index is -2.71. The zero-order valence-electron chi connectivity index (χ0n) is 12.1. The fourth-order valence-electron chi connectivity index (χ4n) is 2.20. The predicted octanol–water partition coefficient (Wildman–Crippen LogP) is 4.17. The number of hydrogen-bond acceptors (Lipinski definition) is 3. The summed E-state index contributed by atoms with van der Waals surface area (Å²) < 4.78 is 25.8. The monoisotopic (exact) mass is 303 g/mol. The van der Waals surface area contributed by atoms with Gasteiger partial charge in [-0.2, -0.15) is 0 Å². The molecule has 5 heteroatoms.